The van der Waals surface area contributed by atoms with Crippen LogP contribution in [-0.2, 0) is 17.6 Å². The Hall–Kier alpha value is -3.08. The molecule has 6 rings (SSSR count). The van der Waals surface area contributed by atoms with Crippen molar-refractivity contribution in [3.05, 3.63) is 82.3 Å². The van der Waals surface area contributed by atoms with Gasteiger partial charge in [-0.2, -0.15) is 0 Å². The van der Waals surface area contributed by atoms with E-state index in [2.05, 4.69) is 67.0 Å². The number of benzene rings is 1. The molecule has 3 heterocycles. The summed E-state index contributed by atoms with van der Waals surface area (Å²) >= 11 is 0. The van der Waals surface area contributed by atoms with Crippen molar-refractivity contribution >= 4 is 5.91 Å². The van der Waals surface area contributed by atoms with Gasteiger partial charge in [0, 0.05) is 50.2 Å². The monoisotopic (exact) mass is 567 g/mol. The Labute approximate surface area is 253 Å². The summed E-state index contributed by atoms with van der Waals surface area (Å²) in [7, 11) is 4.15. The molecule has 0 bridgehead atoms. The van der Waals surface area contributed by atoms with Crippen molar-refractivity contribution in [2.75, 3.05) is 27.2 Å². The average molecular weight is 568 g/mol. The van der Waals surface area contributed by atoms with E-state index in [1.807, 2.05) is 19.2 Å². The molecule has 224 valence electrons. The van der Waals surface area contributed by atoms with E-state index in [1.54, 1.807) is 18.0 Å². The summed E-state index contributed by atoms with van der Waals surface area (Å²) in [5.74, 6) is 2.85. The summed E-state index contributed by atoms with van der Waals surface area (Å²) < 4.78 is 6.13. The number of pyridine rings is 1. The number of piperidine rings is 1. The lowest BCUT2D eigenvalue weighted by atomic mass is 9.68. The number of carbonyl (C=O) groups excluding carboxylic acids is 1. The van der Waals surface area contributed by atoms with Crippen molar-refractivity contribution in [1.82, 2.24) is 14.8 Å². The Morgan fingerprint density at radius 2 is 1.76 bits per heavy atom. The second-order valence-corrected chi connectivity index (χ2v) is 13.9. The van der Waals surface area contributed by atoms with Gasteiger partial charge in [0.2, 0.25) is 5.91 Å². The number of rotatable bonds is 6. The number of methoxy groups -OCH3 is 1. The molecule has 2 unspecified atom stereocenters. The van der Waals surface area contributed by atoms with E-state index >= 15 is 0 Å². The molecular formula is C37H49N3O2. The van der Waals surface area contributed by atoms with Crippen LogP contribution in [0.4, 0.5) is 0 Å². The molecule has 42 heavy (non-hydrogen) atoms. The molecule has 1 aromatic carbocycles. The van der Waals surface area contributed by atoms with Gasteiger partial charge in [-0.05, 0) is 109 Å². The minimum Gasteiger partial charge on any atom is -0.496 e. The molecule has 2 aliphatic heterocycles. The second kappa shape index (κ2) is 11.9. The van der Waals surface area contributed by atoms with Crippen LogP contribution in [-0.4, -0.2) is 54.0 Å². The molecule has 0 N–H and O–H groups in total. The summed E-state index contributed by atoms with van der Waals surface area (Å²) in [5, 5.41) is 0. The van der Waals surface area contributed by atoms with E-state index in [0.29, 0.717) is 24.3 Å². The molecule has 5 heteroatoms. The lowest BCUT2D eigenvalue weighted by Crippen LogP contribution is -2.45. The first-order chi connectivity index (χ1) is 20.3. The number of likely N-dealkylation sites (N-methyl/N-ethyl adjacent to an activating group) is 1. The zero-order valence-electron chi connectivity index (χ0n) is 26.4. The largest absolute Gasteiger partial charge is 0.496 e. The fourth-order valence-corrected chi connectivity index (χ4v) is 8.64. The topological polar surface area (TPSA) is 45.7 Å². The van der Waals surface area contributed by atoms with Crippen LogP contribution < -0.4 is 4.74 Å². The van der Waals surface area contributed by atoms with Crippen LogP contribution in [0.5, 0.6) is 5.75 Å². The van der Waals surface area contributed by atoms with E-state index in [1.165, 1.54) is 47.9 Å². The van der Waals surface area contributed by atoms with Crippen LogP contribution in [0.3, 0.4) is 0 Å². The first-order valence-corrected chi connectivity index (χ1v) is 16.2. The molecule has 0 spiro atoms. The number of fused-ring (bicyclic) bond motifs is 2. The molecule has 1 saturated heterocycles. The van der Waals surface area contributed by atoms with Gasteiger partial charge in [-0.25, -0.2) is 0 Å². The fraction of sp³-hybridized carbons (Fsp3) is 0.568. The van der Waals surface area contributed by atoms with E-state index in [0.717, 1.165) is 56.0 Å². The number of hydrogen-bond acceptors (Lipinski definition) is 4. The highest BCUT2D eigenvalue weighted by atomic mass is 16.5. The van der Waals surface area contributed by atoms with E-state index < -0.39 is 0 Å². The fourth-order valence-electron chi connectivity index (χ4n) is 8.64. The molecule has 2 atom stereocenters. The Morgan fingerprint density at radius 3 is 2.45 bits per heavy atom. The number of hydrogen-bond donors (Lipinski definition) is 0. The lowest BCUT2D eigenvalue weighted by Gasteiger charge is -2.46. The number of likely N-dealkylation sites (tertiary alicyclic amines) is 1. The zero-order valence-corrected chi connectivity index (χ0v) is 26.4. The minimum absolute atomic E-state index is 0.187. The number of ether oxygens (including phenoxy) is 1. The van der Waals surface area contributed by atoms with Gasteiger partial charge in [-0.3, -0.25) is 9.78 Å². The summed E-state index contributed by atoms with van der Waals surface area (Å²) in [6.07, 6.45) is 18.7. The molecule has 5 nitrogen and oxygen atoms in total. The van der Waals surface area contributed by atoms with Gasteiger partial charge in [0.15, 0.2) is 0 Å². The van der Waals surface area contributed by atoms with Crippen LogP contribution in [0.1, 0.15) is 87.0 Å². The highest BCUT2D eigenvalue weighted by Gasteiger charge is 2.44. The van der Waals surface area contributed by atoms with E-state index in [9.17, 15) is 4.79 Å². The Kier molecular flexibility index (Phi) is 8.22. The highest BCUT2D eigenvalue weighted by Crippen LogP contribution is 2.52. The molecule has 0 radical (unpaired) electrons. The summed E-state index contributed by atoms with van der Waals surface area (Å²) in [5.41, 5.74) is 8.45. The Bertz CT molecular complexity index is 1350. The molecular weight excluding hydrogens is 518 g/mol. The quantitative estimate of drug-likeness (QED) is 0.369. The third-order valence-electron chi connectivity index (χ3n) is 11.1. The van der Waals surface area contributed by atoms with Gasteiger partial charge in [0.05, 0.1) is 19.6 Å². The predicted octanol–water partition coefficient (Wildman–Crippen LogP) is 7.25. The van der Waals surface area contributed by atoms with Crippen molar-refractivity contribution in [3.63, 3.8) is 0 Å². The number of nitrogens with zero attached hydrogens (tertiary/aromatic N) is 3. The normalized spacial score (nSPS) is 23.5. The van der Waals surface area contributed by atoms with Crippen LogP contribution in [0.15, 0.2) is 60.1 Å². The molecule has 1 saturated carbocycles. The van der Waals surface area contributed by atoms with Crippen LogP contribution >= 0.6 is 0 Å². The summed E-state index contributed by atoms with van der Waals surface area (Å²) in [4.78, 5) is 22.0. The number of amides is 1. The molecule has 2 fully saturated rings. The van der Waals surface area contributed by atoms with Gasteiger partial charge in [0.25, 0.3) is 0 Å². The van der Waals surface area contributed by atoms with Crippen molar-refractivity contribution in [2.45, 2.75) is 90.5 Å². The van der Waals surface area contributed by atoms with E-state index in [-0.39, 0.29) is 11.3 Å². The van der Waals surface area contributed by atoms with Gasteiger partial charge < -0.3 is 14.5 Å². The maximum atomic E-state index is 13.2. The molecule has 4 aliphatic rings. The average Bonchev–Trinajstić information content (AvgIpc) is 3.49. The molecule has 1 amide bonds. The summed E-state index contributed by atoms with van der Waals surface area (Å²) in [6.45, 7) is 8.79. The SMILES string of the molecule is COc1cc(C)cc2c1C(C1CCN(C(=O)Cc3ccncc3)CC1)C1C(=CC(C(C)(C)C3CCCC3)=CN1C)CC2. The predicted molar refractivity (Wildman–Crippen MR) is 169 cm³/mol. The van der Waals surface area contributed by atoms with Crippen molar-refractivity contribution in [3.8, 4) is 5.75 Å². The molecule has 2 aromatic rings. The van der Waals surface area contributed by atoms with Gasteiger partial charge >= 0.3 is 0 Å². The maximum absolute atomic E-state index is 13.2. The summed E-state index contributed by atoms with van der Waals surface area (Å²) in [6, 6.07) is 8.86. The first-order valence-electron chi connectivity index (χ1n) is 16.2. The number of aromatic nitrogens is 1. The van der Waals surface area contributed by atoms with Crippen LogP contribution in [0.2, 0.25) is 0 Å². The van der Waals surface area contributed by atoms with Crippen LogP contribution in [0.25, 0.3) is 0 Å². The lowest BCUT2D eigenvalue weighted by molar-refractivity contribution is -0.132. The smallest absolute Gasteiger partial charge is 0.226 e. The molecule has 1 aromatic heterocycles. The number of aryl methyl sites for hydroxylation is 2. The van der Waals surface area contributed by atoms with Crippen LogP contribution in [0, 0.1) is 24.2 Å². The highest BCUT2D eigenvalue weighted by molar-refractivity contribution is 5.78. The maximum Gasteiger partial charge on any atom is 0.226 e. The Morgan fingerprint density at radius 1 is 1.05 bits per heavy atom. The van der Waals surface area contributed by atoms with Crippen molar-refractivity contribution in [1.29, 1.82) is 0 Å². The van der Waals surface area contributed by atoms with Crippen molar-refractivity contribution in [2.24, 2.45) is 17.3 Å². The zero-order chi connectivity index (χ0) is 29.4. The third kappa shape index (κ3) is 5.52. The molecule has 2 aliphatic carbocycles. The second-order valence-electron chi connectivity index (χ2n) is 13.9. The standard InChI is InChI=1S/C37H49N3O2/c1-25-20-28-10-11-29-23-31(37(2,3)30-8-6-7-9-30)24-39(4)36(29)35(34(28)32(21-25)42-5)27-14-18-40(19-15-27)33(41)22-26-12-16-38-17-13-26/h12-13,16-17,20-21,23-24,27,30,35-36H,6-11,14-15,18-19,22H2,1-5H3. The van der Waals surface area contributed by atoms with Crippen molar-refractivity contribution < 1.29 is 9.53 Å². The minimum atomic E-state index is 0.187. The number of carbonyl (C=O) groups is 1. The number of allylic oxidation sites excluding steroid dienone is 2. The van der Waals surface area contributed by atoms with E-state index in [4.69, 9.17) is 4.74 Å². The Balaban J connectivity index is 1.31. The van der Waals surface area contributed by atoms with Gasteiger partial charge in [-0.1, -0.05) is 38.8 Å². The van der Waals surface area contributed by atoms with Gasteiger partial charge in [0.1, 0.15) is 5.75 Å². The van der Waals surface area contributed by atoms with Gasteiger partial charge in [-0.15, -0.1) is 0 Å². The third-order valence-corrected chi connectivity index (χ3v) is 11.1. The first kappa shape index (κ1) is 29.0.